The summed E-state index contributed by atoms with van der Waals surface area (Å²) in [5.74, 6) is -0.163. The lowest BCUT2D eigenvalue weighted by Crippen LogP contribution is -2.53. The van der Waals surface area contributed by atoms with Gasteiger partial charge >= 0.3 is 6.03 Å². The van der Waals surface area contributed by atoms with Gasteiger partial charge in [-0.3, -0.25) is 19.8 Å². The Morgan fingerprint density at radius 1 is 1.21 bits per heavy atom. The molecule has 0 saturated carbocycles. The first-order chi connectivity index (χ1) is 13.9. The molecule has 1 saturated heterocycles. The minimum Gasteiger partial charge on any atom is -0.493 e. The third kappa shape index (κ3) is 4.31. The number of furan rings is 1. The minimum absolute atomic E-state index is 0.0867. The van der Waals surface area contributed by atoms with Gasteiger partial charge in [-0.2, -0.15) is 0 Å². The van der Waals surface area contributed by atoms with Crippen LogP contribution in [0.25, 0.3) is 6.08 Å². The van der Waals surface area contributed by atoms with Gasteiger partial charge in [-0.15, -0.1) is 0 Å². The summed E-state index contributed by atoms with van der Waals surface area (Å²) in [7, 11) is 1.51. The fourth-order valence-electron chi connectivity index (χ4n) is 2.77. The van der Waals surface area contributed by atoms with Crippen LogP contribution in [0.15, 0.2) is 46.6 Å². The highest BCUT2D eigenvalue weighted by Gasteiger charge is 2.36. The number of rotatable bonds is 7. The second kappa shape index (κ2) is 8.64. The molecule has 1 aliphatic rings. The van der Waals surface area contributed by atoms with Crippen LogP contribution in [0.5, 0.6) is 11.5 Å². The molecule has 1 aliphatic heterocycles. The number of hydrogen-bond acceptors (Lipinski definition) is 6. The third-order valence-corrected chi connectivity index (χ3v) is 4.50. The molecule has 2 aromatic rings. The first-order valence-corrected chi connectivity index (χ1v) is 9.19. The van der Waals surface area contributed by atoms with Crippen molar-refractivity contribution in [3.63, 3.8) is 0 Å². The molecule has 1 atom stereocenters. The largest absolute Gasteiger partial charge is 0.493 e. The van der Waals surface area contributed by atoms with Crippen LogP contribution in [-0.2, 0) is 16.1 Å². The number of carbonyl (C=O) groups is 3. The summed E-state index contributed by atoms with van der Waals surface area (Å²) in [5, 5.41) is 2.19. The first-order valence-electron chi connectivity index (χ1n) is 9.19. The van der Waals surface area contributed by atoms with Gasteiger partial charge in [-0.1, -0.05) is 19.1 Å². The van der Waals surface area contributed by atoms with E-state index in [1.54, 1.807) is 30.3 Å². The molecule has 0 aliphatic carbocycles. The Bertz CT molecular complexity index is 948. The molecule has 4 amide bonds. The molecule has 8 heteroatoms. The summed E-state index contributed by atoms with van der Waals surface area (Å²) in [4.78, 5) is 38.3. The summed E-state index contributed by atoms with van der Waals surface area (Å²) in [6, 6.07) is 7.66. The lowest BCUT2D eigenvalue weighted by Gasteiger charge is -2.26. The average Bonchev–Trinajstić information content (AvgIpc) is 3.22. The zero-order valence-corrected chi connectivity index (χ0v) is 16.4. The molecule has 0 spiro atoms. The van der Waals surface area contributed by atoms with Crippen LogP contribution in [-0.4, -0.2) is 36.0 Å². The highest BCUT2D eigenvalue weighted by Crippen LogP contribution is 2.34. The van der Waals surface area contributed by atoms with Crippen LogP contribution < -0.4 is 14.8 Å². The number of nitrogens with one attached hydrogen (secondary N) is 1. The zero-order chi connectivity index (χ0) is 21.0. The van der Waals surface area contributed by atoms with Crippen LogP contribution in [0.3, 0.4) is 0 Å². The van der Waals surface area contributed by atoms with Gasteiger partial charge < -0.3 is 13.9 Å². The molecule has 1 fully saturated rings. The van der Waals surface area contributed by atoms with Gasteiger partial charge in [0.15, 0.2) is 11.5 Å². The maximum atomic E-state index is 12.9. The number of urea groups is 1. The Labute approximate surface area is 168 Å². The monoisotopic (exact) mass is 398 g/mol. The van der Waals surface area contributed by atoms with Gasteiger partial charge in [0.05, 0.1) is 26.0 Å². The van der Waals surface area contributed by atoms with Crippen molar-refractivity contribution in [2.45, 2.75) is 32.9 Å². The molecule has 152 valence electrons. The van der Waals surface area contributed by atoms with Crippen molar-refractivity contribution in [1.82, 2.24) is 10.2 Å². The molecule has 0 radical (unpaired) electrons. The van der Waals surface area contributed by atoms with Gasteiger partial charge in [0.25, 0.3) is 11.8 Å². The van der Waals surface area contributed by atoms with E-state index in [9.17, 15) is 14.4 Å². The number of nitrogens with zero attached hydrogens (tertiary/aromatic N) is 1. The lowest BCUT2D eigenvalue weighted by molar-refractivity contribution is -0.130. The van der Waals surface area contributed by atoms with Crippen LogP contribution in [0.2, 0.25) is 0 Å². The van der Waals surface area contributed by atoms with Crippen molar-refractivity contribution in [2.24, 2.45) is 0 Å². The third-order valence-electron chi connectivity index (χ3n) is 4.50. The van der Waals surface area contributed by atoms with E-state index in [4.69, 9.17) is 13.9 Å². The number of barbiturate groups is 1. The van der Waals surface area contributed by atoms with Crippen LogP contribution >= 0.6 is 0 Å². The van der Waals surface area contributed by atoms with Crippen molar-refractivity contribution in [3.05, 3.63) is 53.5 Å². The fourth-order valence-corrected chi connectivity index (χ4v) is 2.77. The van der Waals surface area contributed by atoms with E-state index >= 15 is 0 Å². The maximum absolute atomic E-state index is 12.9. The number of para-hydroxylation sites is 1. The molecule has 2 heterocycles. The van der Waals surface area contributed by atoms with Crippen LogP contribution in [0.1, 0.15) is 31.6 Å². The number of imide groups is 2. The number of methoxy groups -OCH3 is 1. The number of hydrogen-bond donors (Lipinski definition) is 1. The van der Waals surface area contributed by atoms with E-state index in [2.05, 4.69) is 5.32 Å². The molecule has 3 rings (SSSR count). The van der Waals surface area contributed by atoms with Gasteiger partial charge in [-0.05, 0) is 37.6 Å². The van der Waals surface area contributed by atoms with Gasteiger partial charge in [-0.25, -0.2) is 4.79 Å². The topological polar surface area (TPSA) is 98.1 Å². The second-order valence-electron chi connectivity index (χ2n) is 6.50. The number of carbonyl (C=O) groups excluding carboxylic acids is 3. The van der Waals surface area contributed by atoms with E-state index in [0.717, 1.165) is 11.3 Å². The molecule has 8 nitrogen and oxygen atoms in total. The highest BCUT2D eigenvalue weighted by molar-refractivity contribution is 6.31. The molecule has 0 unspecified atom stereocenters. The maximum Gasteiger partial charge on any atom is 0.331 e. The van der Waals surface area contributed by atoms with Crippen molar-refractivity contribution in [2.75, 3.05) is 7.11 Å². The Hall–Kier alpha value is -3.55. The molecule has 1 aromatic carbocycles. The molecule has 1 N–H and O–H groups in total. The van der Waals surface area contributed by atoms with Crippen LogP contribution in [0.4, 0.5) is 4.79 Å². The fraction of sp³-hybridized carbons (Fsp3) is 0.286. The summed E-state index contributed by atoms with van der Waals surface area (Å²) >= 11 is 0. The molecule has 1 aromatic heterocycles. The van der Waals surface area contributed by atoms with Crippen LogP contribution in [0, 0.1) is 0 Å². The van der Waals surface area contributed by atoms with E-state index in [1.807, 2.05) is 13.8 Å². The Morgan fingerprint density at radius 3 is 2.66 bits per heavy atom. The first kappa shape index (κ1) is 20.2. The predicted octanol–water partition coefficient (Wildman–Crippen LogP) is 3.13. The van der Waals surface area contributed by atoms with Gasteiger partial charge in [0, 0.05) is 5.56 Å². The standard InChI is InChI=1S/C21H22N2O6/c1-4-13(2)29-18-14(7-5-9-17(18)27-3)11-16-19(24)22-21(26)23(20(16)25)12-15-8-6-10-28-15/h5-11,13H,4,12H2,1-3H3,(H,22,24,26)/b16-11+/t13-/m1/s1. The van der Waals surface area contributed by atoms with Crippen molar-refractivity contribution in [1.29, 1.82) is 0 Å². The normalized spacial score (nSPS) is 16.7. The molecule has 0 bridgehead atoms. The molecule has 29 heavy (non-hydrogen) atoms. The Morgan fingerprint density at radius 2 is 2.00 bits per heavy atom. The Balaban J connectivity index is 1.98. The average molecular weight is 398 g/mol. The number of benzene rings is 1. The number of ether oxygens (including phenoxy) is 2. The molecular formula is C21H22N2O6. The lowest BCUT2D eigenvalue weighted by atomic mass is 10.1. The van der Waals surface area contributed by atoms with E-state index in [1.165, 1.54) is 19.4 Å². The predicted molar refractivity (Wildman–Crippen MR) is 104 cm³/mol. The Kier molecular flexibility index (Phi) is 6.01. The van der Waals surface area contributed by atoms with Gasteiger partial charge in [0.1, 0.15) is 11.3 Å². The van der Waals surface area contributed by atoms with Gasteiger partial charge in [0.2, 0.25) is 0 Å². The smallest absolute Gasteiger partial charge is 0.331 e. The van der Waals surface area contributed by atoms with E-state index in [0.29, 0.717) is 22.8 Å². The summed E-state index contributed by atoms with van der Waals surface area (Å²) in [6.07, 6.45) is 3.51. The summed E-state index contributed by atoms with van der Waals surface area (Å²) in [6.45, 7) is 3.80. The summed E-state index contributed by atoms with van der Waals surface area (Å²) in [5.41, 5.74) is 0.314. The van der Waals surface area contributed by atoms with Crippen molar-refractivity contribution in [3.8, 4) is 11.5 Å². The van der Waals surface area contributed by atoms with Crippen molar-refractivity contribution < 1.29 is 28.3 Å². The van der Waals surface area contributed by atoms with E-state index < -0.39 is 17.8 Å². The van der Waals surface area contributed by atoms with E-state index in [-0.39, 0.29) is 18.2 Å². The zero-order valence-electron chi connectivity index (χ0n) is 16.4. The molecular weight excluding hydrogens is 376 g/mol. The SMILES string of the molecule is CC[C@@H](C)Oc1c(/C=C2\C(=O)NC(=O)N(Cc3ccco3)C2=O)cccc1OC. The highest BCUT2D eigenvalue weighted by atomic mass is 16.5. The summed E-state index contributed by atoms with van der Waals surface area (Å²) < 4.78 is 16.5. The quantitative estimate of drug-likeness (QED) is 0.568. The van der Waals surface area contributed by atoms with Crippen molar-refractivity contribution >= 4 is 23.9 Å². The minimum atomic E-state index is -0.796. The number of amides is 4. The second-order valence-corrected chi connectivity index (χ2v) is 6.50.